The minimum absolute atomic E-state index is 0.0894. The van der Waals surface area contributed by atoms with Crippen LogP contribution in [0, 0.1) is 6.92 Å². The van der Waals surface area contributed by atoms with E-state index in [1.165, 1.54) is 0 Å². The molecule has 36 heavy (non-hydrogen) atoms. The van der Waals surface area contributed by atoms with E-state index in [9.17, 15) is 14.4 Å². The van der Waals surface area contributed by atoms with Crippen molar-refractivity contribution >= 4 is 75.4 Å². The number of nitrogens with zero attached hydrogens (tertiary/aromatic N) is 1. The maximum atomic E-state index is 12.8. The quantitative estimate of drug-likeness (QED) is 0.309. The van der Waals surface area contributed by atoms with Gasteiger partial charge < -0.3 is 10.1 Å². The molecular formula is C26H19Cl3N2O4S. The average Bonchev–Trinajstić information content (AvgIpc) is 3.09. The first-order chi connectivity index (χ1) is 17.2. The number of anilines is 1. The second-order valence-electron chi connectivity index (χ2n) is 7.85. The van der Waals surface area contributed by atoms with Crippen LogP contribution < -0.4 is 10.1 Å². The Bertz CT molecular complexity index is 1390. The summed E-state index contributed by atoms with van der Waals surface area (Å²) < 4.78 is 5.54. The smallest absolute Gasteiger partial charge is 0.293 e. The lowest BCUT2D eigenvalue weighted by Gasteiger charge is -2.13. The zero-order chi connectivity index (χ0) is 25.8. The van der Waals surface area contributed by atoms with Gasteiger partial charge in [-0.25, -0.2) is 0 Å². The van der Waals surface area contributed by atoms with Crippen LogP contribution in [0.15, 0.2) is 65.6 Å². The standard InChI is InChI=1S/C26H19Cl3N2O4S/c1-15-6-8-18(12-20(15)28)30-24(32)14-35-22-9-7-16(10-21(22)29)11-23-25(33)31(26(34)36-23)13-17-4-2-3-5-19(17)27/h2-12H,13-14H2,1H3,(H,30,32)/b23-11-. The van der Waals surface area contributed by atoms with Crippen molar-refractivity contribution in [3.8, 4) is 5.75 Å². The van der Waals surface area contributed by atoms with Gasteiger partial charge in [0.1, 0.15) is 5.75 Å². The highest BCUT2D eigenvalue weighted by Gasteiger charge is 2.35. The van der Waals surface area contributed by atoms with Gasteiger partial charge in [-0.2, -0.15) is 0 Å². The molecule has 0 saturated carbocycles. The average molecular weight is 562 g/mol. The Kier molecular flexibility index (Phi) is 8.26. The number of halogens is 3. The van der Waals surface area contributed by atoms with Crippen LogP contribution in [-0.4, -0.2) is 28.6 Å². The van der Waals surface area contributed by atoms with Crippen LogP contribution in [0.3, 0.4) is 0 Å². The number of rotatable bonds is 7. The summed E-state index contributed by atoms with van der Waals surface area (Å²) in [5.74, 6) is -0.478. The van der Waals surface area contributed by atoms with Gasteiger partial charge in [0.25, 0.3) is 17.1 Å². The minimum atomic E-state index is -0.408. The van der Waals surface area contributed by atoms with Crippen molar-refractivity contribution in [2.45, 2.75) is 13.5 Å². The SMILES string of the molecule is Cc1ccc(NC(=O)COc2ccc(/C=C3\SC(=O)N(Cc4ccccc4Cl)C3=O)cc2Cl)cc1Cl. The molecule has 184 valence electrons. The van der Waals surface area contributed by atoms with E-state index >= 15 is 0 Å². The number of thioether (sulfide) groups is 1. The molecule has 4 rings (SSSR count). The number of hydrogen-bond donors (Lipinski definition) is 1. The molecule has 3 aromatic carbocycles. The number of hydrogen-bond acceptors (Lipinski definition) is 5. The maximum Gasteiger partial charge on any atom is 0.293 e. The predicted molar refractivity (Wildman–Crippen MR) is 145 cm³/mol. The Labute approximate surface area is 227 Å². The molecule has 0 aliphatic carbocycles. The number of carbonyl (C=O) groups is 3. The van der Waals surface area contributed by atoms with Gasteiger partial charge in [0.05, 0.1) is 16.5 Å². The van der Waals surface area contributed by atoms with Crippen LogP contribution in [0.4, 0.5) is 10.5 Å². The largest absolute Gasteiger partial charge is 0.482 e. The van der Waals surface area contributed by atoms with Crippen molar-refractivity contribution in [1.82, 2.24) is 4.90 Å². The highest BCUT2D eigenvalue weighted by Crippen LogP contribution is 2.35. The highest BCUT2D eigenvalue weighted by molar-refractivity contribution is 8.18. The third-order valence-corrected chi connectivity index (χ3v) is 7.21. The normalized spacial score (nSPS) is 14.4. The number of ether oxygens (including phenoxy) is 1. The number of imide groups is 1. The van der Waals surface area contributed by atoms with Crippen molar-refractivity contribution < 1.29 is 19.1 Å². The summed E-state index contributed by atoms with van der Waals surface area (Å²) in [7, 11) is 0. The first-order valence-electron chi connectivity index (χ1n) is 10.7. The molecule has 0 bridgehead atoms. The summed E-state index contributed by atoms with van der Waals surface area (Å²) in [6, 6.07) is 17.1. The third-order valence-electron chi connectivity index (χ3n) is 5.23. The van der Waals surface area contributed by atoms with E-state index in [0.717, 1.165) is 22.2 Å². The van der Waals surface area contributed by atoms with Gasteiger partial charge in [-0.05, 0) is 71.8 Å². The Morgan fingerprint density at radius 3 is 2.50 bits per heavy atom. The van der Waals surface area contributed by atoms with Crippen LogP contribution in [0.5, 0.6) is 5.75 Å². The molecule has 1 saturated heterocycles. The molecule has 3 aromatic rings. The molecule has 3 amide bonds. The van der Waals surface area contributed by atoms with Gasteiger partial charge in [0.15, 0.2) is 6.61 Å². The van der Waals surface area contributed by atoms with E-state index in [1.807, 2.05) is 6.92 Å². The second kappa shape index (κ2) is 11.4. The molecule has 6 nitrogen and oxygen atoms in total. The summed E-state index contributed by atoms with van der Waals surface area (Å²) in [6.07, 6.45) is 1.58. The molecule has 0 aromatic heterocycles. The van der Waals surface area contributed by atoms with Crippen LogP contribution in [0.2, 0.25) is 15.1 Å². The van der Waals surface area contributed by atoms with Gasteiger partial charge in [0.2, 0.25) is 0 Å². The Morgan fingerprint density at radius 2 is 1.78 bits per heavy atom. The highest BCUT2D eigenvalue weighted by atomic mass is 35.5. The van der Waals surface area contributed by atoms with Gasteiger partial charge in [-0.3, -0.25) is 19.3 Å². The van der Waals surface area contributed by atoms with Gasteiger partial charge >= 0.3 is 0 Å². The second-order valence-corrected chi connectivity index (χ2v) is 10.1. The van der Waals surface area contributed by atoms with E-state index < -0.39 is 5.91 Å². The third kappa shape index (κ3) is 6.23. The van der Waals surface area contributed by atoms with Gasteiger partial charge in [-0.15, -0.1) is 0 Å². The van der Waals surface area contributed by atoms with Crippen LogP contribution >= 0.6 is 46.6 Å². The first-order valence-corrected chi connectivity index (χ1v) is 12.6. The molecular weight excluding hydrogens is 543 g/mol. The zero-order valence-corrected chi connectivity index (χ0v) is 22.0. The summed E-state index contributed by atoms with van der Waals surface area (Å²) >= 11 is 19.4. The summed E-state index contributed by atoms with van der Waals surface area (Å²) in [6.45, 7) is 1.70. The van der Waals surface area contributed by atoms with Crippen molar-refractivity contribution in [2.24, 2.45) is 0 Å². The van der Waals surface area contributed by atoms with E-state index in [4.69, 9.17) is 39.5 Å². The summed E-state index contributed by atoms with van der Waals surface area (Å²) in [5.41, 5.74) is 2.75. The van der Waals surface area contributed by atoms with E-state index in [2.05, 4.69) is 5.32 Å². The molecule has 10 heteroatoms. The molecule has 0 unspecified atom stereocenters. The van der Waals surface area contributed by atoms with E-state index in [1.54, 1.807) is 66.7 Å². The number of nitrogens with one attached hydrogen (secondary N) is 1. The van der Waals surface area contributed by atoms with E-state index in [0.29, 0.717) is 32.6 Å². The fourth-order valence-corrected chi connectivity index (χ4v) is 4.78. The van der Waals surface area contributed by atoms with Gasteiger partial charge in [0, 0.05) is 15.7 Å². The van der Waals surface area contributed by atoms with E-state index in [-0.39, 0.29) is 34.2 Å². The minimum Gasteiger partial charge on any atom is -0.482 e. The summed E-state index contributed by atoms with van der Waals surface area (Å²) in [4.78, 5) is 38.9. The van der Waals surface area contributed by atoms with Crippen molar-refractivity contribution in [3.05, 3.63) is 97.3 Å². The number of benzene rings is 3. The van der Waals surface area contributed by atoms with Crippen molar-refractivity contribution in [3.63, 3.8) is 0 Å². The van der Waals surface area contributed by atoms with Crippen LogP contribution in [0.25, 0.3) is 6.08 Å². The van der Waals surface area contributed by atoms with Crippen LogP contribution in [0.1, 0.15) is 16.7 Å². The van der Waals surface area contributed by atoms with Gasteiger partial charge in [-0.1, -0.05) is 65.1 Å². The lowest BCUT2D eigenvalue weighted by Crippen LogP contribution is -2.27. The molecule has 1 aliphatic heterocycles. The number of amides is 3. The lowest BCUT2D eigenvalue weighted by atomic mass is 10.2. The molecule has 1 heterocycles. The fraction of sp³-hybridized carbons (Fsp3) is 0.115. The fourth-order valence-electron chi connectivity index (χ4n) is 3.32. The first kappa shape index (κ1) is 26.1. The van der Waals surface area contributed by atoms with Crippen LogP contribution in [-0.2, 0) is 16.1 Å². The Balaban J connectivity index is 1.39. The van der Waals surface area contributed by atoms with Crippen molar-refractivity contribution in [2.75, 3.05) is 11.9 Å². The Hall–Kier alpha value is -2.97. The number of aryl methyl sites for hydroxylation is 1. The molecule has 1 fully saturated rings. The predicted octanol–water partition coefficient (Wildman–Crippen LogP) is 7.21. The lowest BCUT2D eigenvalue weighted by molar-refractivity contribution is -0.123. The molecule has 1 aliphatic rings. The molecule has 0 radical (unpaired) electrons. The zero-order valence-electron chi connectivity index (χ0n) is 18.9. The van der Waals surface area contributed by atoms with Crippen molar-refractivity contribution in [1.29, 1.82) is 0 Å². The molecule has 1 N–H and O–H groups in total. The molecule has 0 atom stereocenters. The topological polar surface area (TPSA) is 75.7 Å². The maximum absolute atomic E-state index is 12.8. The number of carbonyl (C=O) groups excluding carboxylic acids is 3. The Morgan fingerprint density at radius 1 is 1.00 bits per heavy atom. The monoisotopic (exact) mass is 560 g/mol. The molecule has 0 spiro atoms. The summed E-state index contributed by atoms with van der Waals surface area (Å²) in [5, 5.41) is 3.62.